The highest BCUT2D eigenvalue weighted by molar-refractivity contribution is 6.32. The molecule has 0 amide bonds. The van der Waals surface area contributed by atoms with Crippen molar-refractivity contribution in [3.63, 3.8) is 0 Å². The Balaban J connectivity index is 3.02. The van der Waals surface area contributed by atoms with Gasteiger partial charge in [-0.1, -0.05) is 6.92 Å². The Kier molecular flexibility index (Phi) is 3.41. The predicted molar refractivity (Wildman–Crippen MR) is 56.8 cm³/mol. The van der Waals surface area contributed by atoms with Crippen LogP contribution in [-0.4, -0.2) is 23.1 Å². The van der Waals surface area contributed by atoms with Crippen LogP contribution in [0.3, 0.4) is 0 Å². The van der Waals surface area contributed by atoms with E-state index in [-0.39, 0.29) is 24.4 Å². The zero-order chi connectivity index (χ0) is 12.5. The molecule has 0 bridgehead atoms. The molecule has 1 atom stereocenters. The number of carbonyl (C=O) groups is 4. The van der Waals surface area contributed by atoms with Crippen LogP contribution in [0, 0.1) is 11.3 Å². The SMILES string of the molecule is CCCC(=O)[C@@H]1C(=O)CC(=O)C(C)(C)C1=O. The summed E-state index contributed by atoms with van der Waals surface area (Å²) in [5.74, 6) is -3.01. The van der Waals surface area contributed by atoms with Crippen LogP contribution in [0.1, 0.15) is 40.0 Å². The third-order valence-corrected chi connectivity index (χ3v) is 3.05. The molecule has 0 heterocycles. The highest BCUT2D eigenvalue weighted by Gasteiger charge is 2.50. The molecule has 0 aliphatic heterocycles. The van der Waals surface area contributed by atoms with Crippen molar-refractivity contribution in [1.82, 2.24) is 0 Å². The molecule has 0 saturated heterocycles. The first-order valence-corrected chi connectivity index (χ1v) is 5.45. The maximum atomic E-state index is 11.9. The quantitative estimate of drug-likeness (QED) is 0.673. The van der Waals surface area contributed by atoms with Gasteiger partial charge in [0.25, 0.3) is 0 Å². The van der Waals surface area contributed by atoms with Crippen LogP contribution in [0.2, 0.25) is 0 Å². The number of ketones is 4. The minimum atomic E-state index is -1.20. The summed E-state index contributed by atoms with van der Waals surface area (Å²) in [5.41, 5.74) is -1.19. The van der Waals surface area contributed by atoms with Crippen LogP contribution in [0.15, 0.2) is 0 Å². The average molecular weight is 224 g/mol. The van der Waals surface area contributed by atoms with Crippen LogP contribution >= 0.6 is 0 Å². The molecule has 4 heteroatoms. The molecule has 1 rings (SSSR count). The van der Waals surface area contributed by atoms with Crippen molar-refractivity contribution in [1.29, 1.82) is 0 Å². The molecule has 0 radical (unpaired) electrons. The predicted octanol–water partition coefficient (Wildman–Crippen LogP) is 1.11. The van der Waals surface area contributed by atoms with Crippen molar-refractivity contribution in [2.45, 2.75) is 40.0 Å². The van der Waals surface area contributed by atoms with E-state index in [1.54, 1.807) is 0 Å². The third kappa shape index (κ3) is 1.96. The van der Waals surface area contributed by atoms with Crippen molar-refractivity contribution < 1.29 is 19.2 Å². The van der Waals surface area contributed by atoms with Crippen LogP contribution < -0.4 is 0 Å². The number of hydrogen-bond acceptors (Lipinski definition) is 4. The summed E-state index contributed by atoms with van der Waals surface area (Å²) in [6.45, 7) is 4.78. The van der Waals surface area contributed by atoms with Gasteiger partial charge in [0, 0.05) is 6.42 Å². The van der Waals surface area contributed by atoms with E-state index in [0.717, 1.165) is 0 Å². The molecule has 0 unspecified atom stereocenters. The first-order chi connectivity index (χ1) is 7.32. The Labute approximate surface area is 94.4 Å². The maximum absolute atomic E-state index is 11.9. The van der Waals surface area contributed by atoms with E-state index in [9.17, 15) is 19.2 Å². The Morgan fingerprint density at radius 1 is 1.31 bits per heavy atom. The van der Waals surface area contributed by atoms with Crippen LogP contribution in [0.5, 0.6) is 0 Å². The lowest BCUT2D eigenvalue weighted by Gasteiger charge is -2.30. The van der Waals surface area contributed by atoms with E-state index in [1.807, 2.05) is 6.92 Å². The minimum absolute atomic E-state index is 0.215. The van der Waals surface area contributed by atoms with Crippen molar-refractivity contribution >= 4 is 23.1 Å². The van der Waals surface area contributed by atoms with Crippen LogP contribution in [0.25, 0.3) is 0 Å². The lowest BCUT2D eigenvalue weighted by atomic mass is 9.68. The number of hydrogen-bond donors (Lipinski definition) is 0. The van der Waals surface area contributed by atoms with Gasteiger partial charge in [-0.3, -0.25) is 19.2 Å². The maximum Gasteiger partial charge on any atom is 0.163 e. The first-order valence-electron chi connectivity index (χ1n) is 5.45. The molecule has 0 N–H and O–H groups in total. The molecule has 1 saturated carbocycles. The van der Waals surface area contributed by atoms with Crippen LogP contribution in [0.4, 0.5) is 0 Å². The molecule has 1 fully saturated rings. The first kappa shape index (κ1) is 12.7. The van der Waals surface area contributed by atoms with E-state index in [0.29, 0.717) is 6.42 Å². The summed E-state index contributed by atoms with van der Waals surface area (Å²) in [7, 11) is 0. The van der Waals surface area contributed by atoms with Gasteiger partial charge >= 0.3 is 0 Å². The molecule has 4 nitrogen and oxygen atoms in total. The summed E-state index contributed by atoms with van der Waals surface area (Å²) >= 11 is 0. The topological polar surface area (TPSA) is 68.3 Å². The Bertz CT molecular complexity index is 365. The second kappa shape index (κ2) is 4.28. The monoisotopic (exact) mass is 224 g/mol. The molecular weight excluding hydrogens is 208 g/mol. The van der Waals surface area contributed by atoms with Gasteiger partial charge in [-0.15, -0.1) is 0 Å². The third-order valence-electron chi connectivity index (χ3n) is 3.05. The van der Waals surface area contributed by atoms with Crippen molar-refractivity contribution in [2.24, 2.45) is 11.3 Å². The zero-order valence-electron chi connectivity index (χ0n) is 9.83. The highest BCUT2D eigenvalue weighted by atomic mass is 16.2. The van der Waals surface area contributed by atoms with E-state index in [2.05, 4.69) is 0 Å². The van der Waals surface area contributed by atoms with Crippen LogP contribution in [-0.2, 0) is 19.2 Å². The summed E-state index contributed by atoms with van der Waals surface area (Å²) < 4.78 is 0. The molecule has 16 heavy (non-hydrogen) atoms. The second-order valence-electron chi connectivity index (χ2n) is 4.70. The Morgan fingerprint density at radius 3 is 2.38 bits per heavy atom. The summed E-state index contributed by atoms with van der Waals surface area (Å²) in [5, 5.41) is 0. The van der Waals surface area contributed by atoms with E-state index < -0.39 is 22.9 Å². The van der Waals surface area contributed by atoms with E-state index in [4.69, 9.17) is 0 Å². The largest absolute Gasteiger partial charge is 0.298 e. The summed E-state index contributed by atoms with van der Waals surface area (Å²) in [6.07, 6.45) is 0.523. The number of carbonyl (C=O) groups excluding carboxylic acids is 4. The van der Waals surface area contributed by atoms with E-state index in [1.165, 1.54) is 13.8 Å². The number of rotatable bonds is 3. The molecular formula is C12H16O4. The molecule has 1 aliphatic carbocycles. The van der Waals surface area contributed by atoms with Gasteiger partial charge < -0.3 is 0 Å². The van der Waals surface area contributed by atoms with Crippen molar-refractivity contribution in [2.75, 3.05) is 0 Å². The Hall–Kier alpha value is -1.32. The molecule has 88 valence electrons. The highest BCUT2D eigenvalue weighted by Crippen LogP contribution is 2.31. The van der Waals surface area contributed by atoms with Gasteiger partial charge in [-0.2, -0.15) is 0 Å². The lowest BCUT2D eigenvalue weighted by molar-refractivity contribution is -0.153. The normalized spacial score (nSPS) is 24.7. The number of Topliss-reactive ketones (excluding diaryl/α,β-unsaturated/α-hetero) is 4. The van der Waals surface area contributed by atoms with Crippen molar-refractivity contribution in [3.8, 4) is 0 Å². The van der Waals surface area contributed by atoms with Gasteiger partial charge in [-0.05, 0) is 20.3 Å². The second-order valence-corrected chi connectivity index (χ2v) is 4.70. The fourth-order valence-electron chi connectivity index (χ4n) is 1.84. The van der Waals surface area contributed by atoms with Crippen molar-refractivity contribution in [3.05, 3.63) is 0 Å². The van der Waals surface area contributed by atoms with Gasteiger partial charge in [0.1, 0.15) is 5.92 Å². The minimum Gasteiger partial charge on any atom is -0.298 e. The molecule has 0 aromatic heterocycles. The van der Waals surface area contributed by atoms with Gasteiger partial charge in [0.2, 0.25) is 0 Å². The Morgan fingerprint density at radius 2 is 1.88 bits per heavy atom. The standard InChI is InChI=1S/C12H16O4/c1-4-5-7(13)10-8(14)6-9(15)12(2,3)11(10)16/h10H,4-6H2,1-3H3/t10-/m1/s1. The fourth-order valence-corrected chi connectivity index (χ4v) is 1.84. The van der Waals surface area contributed by atoms with E-state index >= 15 is 0 Å². The van der Waals surface area contributed by atoms with Gasteiger partial charge in [0.05, 0.1) is 11.8 Å². The summed E-state index contributed by atoms with van der Waals surface area (Å²) in [4.78, 5) is 46.6. The molecule has 0 aromatic rings. The molecule has 0 spiro atoms. The smallest absolute Gasteiger partial charge is 0.163 e. The summed E-state index contributed by atoms with van der Waals surface area (Å²) in [6, 6.07) is 0. The van der Waals surface area contributed by atoms with Gasteiger partial charge in [0.15, 0.2) is 23.1 Å². The molecule has 0 aromatic carbocycles. The average Bonchev–Trinajstić information content (AvgIpc) is 2.16. The lowest BCUT2D eigenvalue weighted by Crippen LogP contribution is -2.50. The molecule has 1 aliphatic rings. The fraction of sp³-hybridized carbons (Fsp3) is 0.667. The van der Waals surface area contributed by atoms with Gasteiger partial charge in [-0.25, -0.2) is 0 Å². The zero-order valence-corrected chi connectivity index (χ0v) is 9.83.